The fraction of sp³-hybridized carbons (Fsp3) is 0.588. The van der Waals surface area contributed by atoms with Crippen molar-refractivity contribution in [1.29, 1.82) is 0 Å². The zero-order valence-corrected chi connectivity index (χ0v) is 13.1. The van der Waals surface area contributed by atoms with Crippen LogP contribution < -0.4 is 10.6 Å². The number of hydrogen-bond donors (Lipinski definition) is 3. The Hall–Kier alpha value is -1.50. The number of halogens is 1. The van der Waals surface area contributed by atoms with Crippen LogP contribution >= 0.6 is 0 Å². The second kappa shape index (κ2) is 6.95. The highest BCUT2D eigenvalue weighted by Gasteiger charge is 2.42. The summed E-state index contributed by atoms with van der Waals surface area (Å²) in [5.41, 5.74) is -0.0551. The Balaban J connectivity index is 1.76. The van der Waals surface area contributed by atoms with Gasteiger partial charge >= 0.3 is 0 Å². The predicted octanol–water partition coefficient (Wildman–Crippen LogP) is 0.570. The molecule has 23 heavy (non-hydrogen) atoms. The van der Waals surface area contributed by atoms with E-state index in [1.165, 1.54) is 12.1 Å². The third-order valence-corrected chi connectivity index (χ3v) is 4.99. The van der Waals surface area contributed by atoms with Gasteiger partial charge in [-0.15, -0.1) is 0 Å². The maximum absolute atomic E-state index is 13.6. The number of carbonyl (C=O) groups is 1. The number of hydrogen-bond acceptors (Lipinski definition) is 4. The SMILES string of the molecule is O=C(NCC1CNCC1O)C1(c2cccc(F)c2)CCOCC1. The first-order valence-corrected chi connectivity index (χ1v) is 8.13. The van der Waals surface area contributed by atoms with Gasteiger partial charge in [0.05, 0.1) is 11.5 Å². The molecule has 2 atom stereocenters. The highest BCUT2D eigenvalue weighted by atomic mass is 19.1. The molecule has 5 nitrogen and oxygen atoms in total. The third-order valence-electron chi connectivity index (χ3n) is 4.99. The van der Waals surface area contributed by atoms with Crippen molar-refractivity contribution in [2.24, 2.45) is 5.92 Å². The number of ether oxygens (including phenoxy) is 1. The molecule has 0 saturated carbocycles. The van der Waals surface area contributed by atoms with Gasteiger partial charge in [0.15, 0.2) is 0 Å². The number of rotatable bonds is 4. The van der Waals surface area contributed by atoms with Crippen molar-refractivity contribution in [3.05, 3.63) is 35.6 Å². The quantitative estimate of drug-likeness (QED) is 0.758. The van der Waals surface area contributed by atoms with Crippen LogP contribution in [-0.2, 0) is 14.9 Å². The van der Waals surface area contributed by atoms with Gasteiger partial charge in [-0.3, -0.25) is 4.79 Å². The van der Waals surface area contributed by atoms with Crippen LogP contribution in [0.15, 0.2) is 24.3 Å². The van der Waals surface area contributed by atoms with Crippen LogP contribution in [0.2, 0.25) is 0 Å². The number of aliphatic hydroxyl groups is 1. The van der Waals surface area contributed by atoms with Gasteiger partial charge in [0.1, 0.15) is 5.82 Å². The molecule has 2 saturated heterocycles. The number of carbonyl (C=O) groups excluding carboxylic acids is 1. The molecule has 2 heterocycles. The topological polar surface area (TPSA) is 70.6 Å². The smallest absolute Gasteiger partial charge is 0.230 e. The first kappa shape index (κ1) is 16.4. The molecule has 1 amide bonds. The monoisotopic (exact) mass is 322 g/mol. The van der Waals surface area contributed by atoms with Crippen molar-refractivity contribution >= 4 is 5.91 Å². The number of aliphatic hydroxyl groups excluding tert-OH is 1. The minimum Gasteiger partial charge on any atom is -0.391 e. The molecule has 2 aliphatic rings. The lowest BCUT2D eigenvalue weighted by Crippen LogP contribution is -2.49. The second-order valence-corrected chi connectivity index (χ2v) is 6.40. The van der Waals surface area contributed by atoms with E-state index in [9.17, 15) is 14.3 Å². The van der Waals surface area contributed by atoms with Gasteiger partial charge in [0.25, 0.3) is 0 Å². The van der Waals surface area contributed by atoms with Crippen LogP contribution in [0, 0.1) is 11.7 Å². The molecule has 1 aromatic carbocycles. The summed E-state index contributed by atoms with van der Waals surface area (Å²) in [6.07, 6.45) is 0.636. The van der Waals surface area contributed by atoms with Gasteiger partial charge in [0, 0.05) is 38.8 Å². The molecule has 0 aliphatic carbocycles. The normalized spacial score (nSPS) is 26.9. The Morgan fingerprint density at radius 2 is 2.17 bits per heavy atom. The summed E-state index contributed by atoms with van der Waals surface area (Å²) >= 11 is 0. The van der Waals surface area contributed by atoms with Crippen LogP contribution in [0.4, 0.5) is 4.39 Å². The van der Waals surface area contributed by atoms with Crippen molar-refractivity contribution in [3.8, 4) is 0 Å². The lowest BCUT2D eigenvalue weighted by atomic mass is 9.73. The molecule has 6 heteroatoms. The molecule has 2 unspecified atom stereocenters. The summed E-state index contributed by atoms with van der Waals surface area (Å²) in [4.78, 5) is 12.9. The minimum absolute atomic E-state index is 0.0170. The van der Waals surface area contributed by atoms with Gasteiger partial charge in [0.2, 0.25) is 5.91 Å². The van der Waals surface area contributed by atoms with Gasteiger partial charge in [-0.05, 0) is 30.5 Å². The van der Waals surface area contributed by atoms with E-state index in [1.807, 2.05) is 0 Å². The first-order valence-electron chi connectivity index (χ1n) is 8.13. The Kier molecular flexibility index (Phi) is 4.94. The molecule has 0 spiro atoms. The second-order valence-electron chi connectivity index (χ2n) is 6.40. The Bertz CT molecular complexity index is 561. The maximum atomic E-state index is 13.6. The summed E-state index contributed by atoms with van der Waals surface area (Å²) in [6, 6.07) is 6.27. The highest BCUT2D eigenvalue weighted by Crippen LogP contribution is 2.35. The molecule has 3 N–H and O–H groups in total. The maximum Gasteiger partial charge on any atom is 0.230 e. The summed E-state index contributed by atoms with van der Waals surface area (Å²) in [5, 5.41) is 15.9. The van der Waals surface area contributed by atoms with E-state index in [0.29, 0.717) is 51.3 Å². The minimum atomic E-state index is -0.753. The summed E-state index contributed by atoms with van der Waals surface area (Å²) in [7, 11) is 0. The lowest BCUT2D eigenvalue weighted by molar-refractivity contribution is -0.130. The van der Waals surface area contributed by atoms with Gasteiger partial charge in [-0.2, -0.15) is 0 Å². The summed E-state index contributed by atoms with van der Waals surface area (Å²) in [5.74, 6) is -0.426. The Morgan fingerprint density at radius 1 is 1.39 bits per heavy atom. The van der Waals surface area contributed by atoms with E-state index in [0.717, 1.165) is 0 Å². The molecular formula is C17H23FN2O3. The van der Waals surface area contributed by atoms with E-state index in [1.54, 1.807) is 12.1 Å². The number of β-amino-alcohol motifs (C(OH)–C–C–N with tert-alkyl or cyclic N) is 1. The van der Waals surface area contributed by atoms with Crippen molar-refractivity contribution in [1.82, 2.24) is 10.6 Å². The molecule has 126 valence electrons. The standard InChI is InChI=1S/C17H23FN2O3/c18-14-3-1-2-13(8-14)17(4-6-23-7-5-17)16(22)20-10-12-9-19-11-15(12)21/h1-3,8,12,15,19,21H,4-7,9-11H2,(H,20,22). The van der Waals surface area contributed by atoms with Gasteiger partial charge < -0.3 is 20.5 Å². The fourth-order valence-corrected chi connectivity index (χ4v) is 3.47. The van der Waals surface area contributed by atoms with Crippen molar-refractivity contribution < 1.29 is 19.0 Å². The van der Waals surface area contributed by atoms with Crippen LogP contribution in [0.5, 0.6) is 0 Å². The highest BCUT2D eigenvalue weighted by molar-refractivity contribution is 5.88. The zero-order chi connectivity index (χ0) is 16.3. The zero-order valence-electron chi connectivity index (χ0n) is 13.1. The molecule has 3 rings (SSSR count). The van der Waals surface area contributed by atoms with Gasteiger partial charge in [-0.1, -0.05) is 12.1 Å². The fourth-order valence-electron chi connectivity index (χ4n) is 3.47. The Labute approximate surface area is 135 Å². The number of amides is 1. The van der Waals surface area contributed by atoms with Gasteiger partial charge in [-0.25, -0.2) is 4.39 Å². The average molecular weight is 322 g/mol. The van der Waals surface area contributed by atoms with Crippen molar-refractivity contribution in [2.75, 3.05) is 32.8 Å². The average Bonchev–Trinajstić information content (AvgIpc) is 2.98. The first-order chi connectivity index (χ1) is 11.1. The molecule has 0 aromatic heterocycles. The number of benzene rings is 1. The van der Waals surface area contributed by atoms with Crippen molar-refractivity contribution in [3.63, 3.8) is 0 Å². The van der Waals surface area contributed by atoms with Crippen LogP contribution in [-0.4, -0.2) is 50.0 Å². The van der Waals surface area contributed by atoms with E-state index >= 15 is 0 Å². The summed E-state index contributed by atoms with van der Waals surface area (Å²) < 4.78 is 19.0. The van der Waals surface area contributed by atoms with E-state index < -0.39 is 11.5 Å². The third kappa shape index (κ3) is 3.39. The molecule has 0 radical (unpaired) electrons. The van der Waals surface area contributed by atoms with Crippen LogP contribution in [0.3, 0.4) is 0 Å². The van der Waals surface area contributed by atoms with Crippen molar-refractivity contribution in [2.45, 2.75) is 24.4 Å². The number of nitrogens with one attached hydrogen (secondary N) is 2. The molecule has 1 aromatic rings. The summed E-state index contributed by atoms with van der Waals surface area (Å²) in [6.45, 7) is 2.64. The van der Waals surface area contributed by atoms with E-state index in [2.05, 4.69) is 10.6 Å². The molecule has 0 bridgehead atoms. The van der Waals surface area contributed by atoms with E-state index in [-0.39, 0.29) is 17.6 Å². The molecular weight excluding hydrogens is 299 g/mol. The van der Waals surface area contributed by atoms with Crippen LogP contribution in [0.25, 0.3) is 0 Å². The molecule has 2 aliphatic heterocycles. The van der Waals surface area contributed by atoms with Crippen LogP contribution in [0.1, 0.15) is 18.4 Å². The molecule has 2 fully saturated rings. The predicted molar refractivity (Wildman–Crippen MR) is 83.5 cm³/mol. The van der Waals surface area contributed by atoms with E-state index in [4.69, 9.17) is 4.74 Å². The Morgan fingerprint density at radius 3 is 2.83 bits per heavy atom. The lowest BCUT2D eigenvalue weighted by Gasteiger charge is -2.36. The largest absolute Gasteiger partial charge is 0.391 e.